The molecule has 0 bridgehead atoms. The van der Waals surface area contributed by atoms with Crippen LogP contribution in [0.2, 0.25) is 0 Å². The van der Waals surface area contributed by atoms with Crippen LogP contribution >= 0.6 is 0 Å². The molecule has 0 spiro atoms. The van der Waals surface area contributed by atoms with Crippen LogP contribution in [0.25, 0.3) is 0 Å². The largest absolute Gasteiger partial charge is 0.314 e. The van der Waals surface area contributed by atoms with Crippen LogP contribution in [-0.2, 0) is 6.42 Å². The molecule has 0 amide bonds. The van der Waals surface area contributed by atoms with Crippen molar-refractivity contribution in [3.63, 3.8) is 0 Å². The normalized spacial score (nSPS) is 17.9. The molecule has 4 heteroatoms. The second-order valence-corrected chi connectivity index (χ2v) is 3.96. The number of hydrogen-bond donors (Lipinski definition) is 1. The first-order valence-electron chi connectivity index (χ1n) is 5.56. The van der Waals surface area contributed by atoms with Gasteiger partial charge >= 0.3 is 0 Å². The Labute approximate surface area is 90.7 Å². The fourth-order valence-corrected chi connectivity index (χ4v) is 1.81. The zero-order chi connectivity index (χ0) is 10.5. The van der Waals surface area contributed by atoms with Gasteiger partial charge < -0.3 is 10.2 Å². The molecule has 0 unspecified atom stereocenters. The molecule has 1 aliphatic rings. The standard InChI is InChI=1S/C11H18N4/c1-10-2-4-13-11(14-10)3-7-15-8-5-12-6-9-15/h2,4,12H,3,5-9H2,1H3. The van der Waals surface area contributed by atoms with Gasteiger partial charge in [0.05, 0.1) is 0 Å². The smallest absolute Gasteiger partial charge is 0.129 e. The molecule has 1 aromatic heterocycles. The number of piperazine rings is 1. The summed E-state index contributed by atoms with van der Waals surface area (Å²) in [5.74, 6) is 0.966. The number of hydrogen-bond acceptors (Lipinski definition) is 4. The first kappa shape index (κ1) is 10.5. The highest BCUT2D eigenvalue weighted by Crippen LogP contribution is 1.98. The summed E-state index contributed by atoms with van der Waals surface area (Å²) in [5.41, 5.74) is 1.06. The number of aryl methyl sites for hydroxylation is 1. The van der Waals surface area contributed by atoms with Gasteiger partial charge in [-0.25, -0.2) is 9.97 Å². The Hall–Kier alpha value is -1.00. The van der Waals surface area contributed by atoms with Crippen LogP contribution in [0.1, 0.15) is 11.5 Å². The second kappa shape index (κ2) is 5.19. The fourth-order valence-electron chi connectivity index (χ4n) is 1.81. The molecule has 0 saturated carbocycles. The third-order valence-corrected chi connectivity index (χ3v) is 2.71. The van der Waals surface area contributed by atoms with Crippen LogP contribution < -0.4 is 5.32 Å². The summed E-state index contributed by atoms with van der Waals surface area (Å²) >= 11 is 0. The molecule has 4 nitrogen and oxygen atoms in total. The van der Waals surface area contributed by atoms with Crippen molar-refractivity contribution in [2.45, 2.75) is 13.3 Å². The minimum Gasteiger partial charge on any atom is -0.314 e. The summed E-state index contributed by atoms with van der Waals surface area (Å²) in [4.78, 5) is 11.1. The maximum Gasteiger partial charge on any atom is 0.129 e. The molecular weight excluding hydrogens is 188 g/mol. The van der Waals surface area contributed by atoms with Crippen molar-refractivity contribution in [1.82, 2.24) is 20.2 Å². The van der Waals surface area contributed by atoms with Crippen LogP contribution in [0.5, 0.6) is 0 Å². The lowest BCUT2D eigenvalue weighted by atomic mass is 10.3. The first-order chi connectivity index (χ1) is 7.34. The summed E-state index contributed by atoms with van der Waals surface area (Å²) in [7, 11) is 0. The monoisotopic (exact) mass is 206 g/mol. The van der Waals surface area contributed by atoms with Crippen molar-refractivity contribution in [2.24, 2.45) is 0 Å². The van der Waals surface area contributed by atoms with Gasteiger partial charge in [0, 0.05) is 51.0 Å². The van der Waals surface area contributed by atoms with Crippen LogP contribution in [0, 0.1) is 6.92 Å². The average molecular weight is 206 g/mol. The van der Waals surface area contributed by atoms with Crippen molar-refractivity contribution in [1.29, 1.82) is 0 Å². The summed E-state index contributed by atoms with van der Waals surface area (Å²) < 4.78 is 0. The van der Waals surface area contributed by atoms with Crippen molar-refractivity contribution < 1.29 is 0 Å². The van der Waals surface area contributed by atoms with Crippen LogP contribution in [0.15, 0.2) is 12.3 Å². The van der Waals surface area contributed by atoms with Gasteiger partial charge in [-0.05, 0) is 13.0 Å². The highest BCUT2D eigenvalue weighted by molar-refractivity contribution is 4.99. The molecule has 0 atom stereocenters. The van der Waals surface area contributed by atoms with E-state index in [1.165, 1.54) is 0 Å². The molecule has 1 fully saturated rings. The Morgan fingerprint density at radius 3 is 2.93 bits per heavy atom. The van der Waals surface area contributed by atoms with Gasteiger partial charge in [-0.3, -0.25) is 0 Å². The molecule has 1 saturated heterocycles. The van der Waals surface area contributed by atoms with Crippen LogP contribution in [0.3, 0.4) is 0 Å². The van der Waals surface area contributed by atoms with Gasteiger partial charge in [0.1, 0.15) is 5.82 Å². The maximum absolute atomic E-state index is 4.40. The maximum atomic E-state index is 4.40. The number of rotatable bonds is 3. The SMILES string of the molecule is Cc1ccnc(CCN2CCNCC2)n1. The molecule has 0 aliphatic carbocycles. The Morgan fingerprint density at radius 2 is 2.20 bits per heavy atom. The Kier molecular flexibility index (Phi) is 3.64. The zero-order valence-corrected chi connectivity index (χ0v) is 9.24. The predicted octanol–water partition coefficient (Wildman–Crippen LogP) is 0.233. The van der Waals surface area contributed by atoms with E-state index in [9.17, 15) is 0 Å². The van der Waals surface area contributed by atoms with E-state index in [1.807, 2.05) is 19.2 Å². The summed E-state index contributed by atoms with van der Waals surface area (Å²) in [5, 5.41) is 3.35. The van der Waals surface area contributed by atoms with Crippen molar-refractivity contribution >= 4 is 0 Å². The van der Waals surface area contributed by atoms with Crippen LogP contribution in [0.4, 0.5) is 0 Å². The quantitative estimate of drug-likeness (QED) is 0.769. The molecule has 0 radical (unpaired) electrons. The summed E-state index contributed by atoms with van der Waals surface area (Å²) in [6.45, 7) is 7.59. The second-order valence-electron chi connectivity index (χ2n) is 3.96. The predicted molar refractivity (Wildman–Crippen MR) is 59.8 cm³/mol. The molecule has 82 valence electrons. The minimum atomic E-state index is 0.960. The Morgan fingerprint density at radius 1 is 1.40 bits per heavy atom. The lowest BCUT2D eigenvalue weighted by Gasteiger charge is -2.26. The van der Waals surface area contributed by atoms with E-state index >= 15 is 0 Å². The van der Waals surface area contributed by atoms with Crippen molar-refractivity contribution in [3.8, 4) is 0 Å². The molecule has 1 N–H and O–H groups in total. The zero-order valence-electron chi connectivity index (χ0n) is 9.24. The first-order valence-corrected chi connectivity index (χ1v) is 5.56. The third kappa shape index (κ3) is 3.25. The van der Waals surface area contributed by atoms with E-state index in [1.54, 1.807) is 0 Å². The van der Waals surface area contributed by atoms with E-state index in [0.29, 0.717) is 0 Å². The molecule has 2 rings (SSSR count). The molecule has 1 aliphatic heterocycles. The van der Waals surface area contributed by atoms with Gasteiger partial charge in [0.2, 0.25) is 0 Å². The molecule has 15 heavy (non-hydrogen) atoms. The van der Waals surface area contributed by atoms with Crippen molar-refractivity contribution in [3.05, 3.63) is 23.8 Å². The highest BCUT2D eigenvalue weighted by atomic mass is 15.2. The van der Waals surface area contributed by atoms with E-state index < -0.39 is 0 Å². The van der Waals surface area contributed by atoms with Crippen molar-refractivity contribution in [2.75, 3.05) is 32.7 Å². The molecule has 2 heterocycles. The van der Waals surface area contributed by atoms with E-state index in [2.05, 4.69) is 20.2 Å². The van der Waals surface area contributed by atoms with Gasteiger partial charge in [-0.2, -0.15) is 0 Å². The van der Waals surface area contributed by atoms with Gasteiger partial charge in [-0.1, -0.05) is 0 Å². The summed E-state index contributed by atoms with van der Waals surface area (Å²) in [6, 6.07) is 1.94. The fraction of sp³-hybridized carbons (Fsp3) is 0.636. The lowest BCUT2D eigenvalue weighted by Crippen LogP contribution is -2.44. The number of nitrogens with zero attached hydrogens (tertiary/aromatic N) is 3. The molecular formula is C11H18N4. The molecule has 0 aromatic carbocycles. The van der Waals surface area contributed by atoms with Gasteiger partial charge in [0.25, 0.3) is 0 Å². The van der Waals surface area contributed by atoms with Gasteiger partial charge in [0.15, 0.2) is 0 Å². The molecule has 1 aromatic rings. The lowest BCUT2D eigenvalue weighted by molar-refractivity contribution is 0.242. The van der Waals surface area contributed by atoms with E-state index in [0.717, 1.165) is 50.7 Å². The topological polar surface area (TPSA) is 41.1 Å². The number of aromatic nitrogens is 2. The third-order valence-electron chi connectivity index (χ3n) is 2.71. The highest BCUT2D eigenvalue weighted by Gasteiger charge is 2.09. The Balaban J connectivity index is 1.81. The Bertz CT molecular complexity index is 307. The number of nitrogens with one attached hydrogen (secondary N) is 1. The minimum absolute atomic E-state index is 0.960. The average Bonchev–Trinajstić information content (AvgIpc) is 2.28. The van der Waals surface area contributed by atoms with Crippen LogP contribution in [-0.4, -0.2) is 47.6 Å². The van der Waals surface area contributed by atoms with E-state index in [4.69, 9.17) is 0 Å². The summed E-state index contributed by atoms with van der Waals surface area (Å²) in [6.07, 6.45) is 2.80. The van der Waals surface area contributed by atoms with Gasteiger partial charge in [-0.15, -0.1) is 0 Å². The van der Waals surface area contributed by atoms with E-state index in [-0.39, 0.29) is 0 Å².